The highest BCUT2D eigenvalue weighted by Crippen LogP contribution is 2.25. The fourth-order valence-electron chi connectivity index (χ4n) is 2.43. The SMILES string of the molecule is O=Cc1cccc(CNCc2cc(Oc3cccnc3)ccc2S)c1. The van der Waals surface area contributed by atoms with Crippen molar-refractivity contribution in [3.63, 3.8) is 0 Å². The number of hydrogen-bond acceptors (Lipinski definition) is 5. The number of aromatic nitrogens is 1. The smallest absolute Gasteiger partial charge is 0.150 e. The summed E-state index contributed by atoms with van der Waals surface area (Å²) in [6.45, 7) is 1.32. The van der Waals surface area contributed by atoms with E-state index in [1.165, 1.54) is 0 Å². The predicted octanol–water partition coefficient (Wildman–Crippen LogP) is 4.26. The molecule has 0 atom stereocenters. The highest BCUT2D eigenvalue weighted by Gasteiger charge is 2.04. The standard InChI is InChI=1S/C20H18N2O2S/c23-14-16-4-1-3-15(9-16)11-22-12-17-10-18(6-7-20(17)25)24-19-5-2-8-21-13-19/h1-10,13-14,22,25H,11-12H2. The molecule has 0 spiro atoms. The molecule has 2 aromatic carbocycles. The van der Waals surface area contributed by atoms with E-state index in [0.29, 0.717) is 24.4 Å². The molecule has 0 bridgehead atoms. The topological polar surface area (TPSA) is 51.2 Å². The van der Waals surface area contributed by atoms with E-state index in [0.717, 1.165) is 28.1 Å². The second kappa shape index (κ2) is 8.46. The number of nitrogens with zero attached hydrogens (tertiary/aromatic N) is 1. The van der Waals surface area contributed by atoms with Gasteiger partial charge in [-0.2, -0.15) is 0 Å². The van der Waals surface area contributed by atoms with E-state index in [2.05, 4.69) is 22.9 Å². The Bertz CT molecular complexity index is 853. The van der Waals surface area contributed by atoms with E-state index in [1.54, 1.807) is 18.5 Å². The fourth-order valence-corrected chi connectivity index (χ4v) is 2.65. The monoisotopic (exact) mass is 350 g/mol. The van der Waals surface area contributed by atoms with Crippen molar-refractivity contribution in [1.82, 2.24) is 10.3 Å². The van der Waals surface area contributed by atoms with Crippen molar-refractivity contribution in [1.29, 1.82) is 0 Å². The number of benzene rings is 2. The van der Waals surface area contributed by atoms with Crippen LogP contribution < -0.4 is 10.1 Å². The molecule has 25 heavy (non-hydrogen) atoms. The summed E-state index contributed by atoms with van der Waals surface area (Å²) in [5, 5.41) is 3.37. The molecule has 0 amide bonds. The van der Waals surface area contributed by atoms with Gasteiger partial charge in [0, 0.05) is 29.7 Å². The molecule has 1 heterocycles. The summed E-state index contributed by atoms with van der Waals surface area (Å²) in [5.41, 5.74) is 2.78. The van der Waals surface area contributed by atoms with Crippen molar-refractivity contribution in [3.8, 4) is 11.5 Å². The fraction of sp³-hybridized carbons (Fsp3) is 0.100. The minimum atomic E-state index is 0.647. The molecule has 0 aliphatic carbocycles. The molecule has 0 radical (unpaired) electrons. The number of hydrogen-bond donors (Lipinski definition) is 2. The van der Waals surface area contributed by atoms with Crippen LogP contribution in [0.1, 0.15) is 21.5 Å². The Balaban J connectivity index is 1.63. The third-order valence-corrected chi connectivity index (χ3v) is 4.09. The highest BCUT2D eigenvalue weighted by molar-refractivity contribution is 7.80. The molecule has 0 saturated heterocycles. The van der Waals surface area contributed by atoms with Gasteiger partial charge >= 0.3 is 0 Å². The van der Waals surface area contributed by atoms with Gasteiger partial charge in [0.2, 0.25) is 0 Å². The zero-order valence-corrected chi connectivity index (χ0v) is 14.4. The maximum atomic E-state index is 10.8. The lowest BCUT2D eigenvalue weighted by molar-refractivity contribution is 0.112. The zero-order chi connectivity index (χ0) is 17.5. The van der Waals surface area contributed by atoms with Crippen molar-refractivity contribution in [3.05, 3.63) is 83.7 Å². The van der Waals surface area contributed by atoms with E-state index >= 15 is 0 Å². The average molecular weight is 350 g/mol. The van der Waals surface area contributed by atoms with Crippen molar-refractivity contribution >= 4 is 18.9 Å². The maximum Gasteiger partial charge on any atom is 0.150 e. The summed E-state index contributed by atoms with van der Waals surface area (Å²) in [6, 6.07) is 17.0. The lowest BCUT2D eigenvalue weighted by atomic mass is 10.1. The Labute approximate surface area is 152 Å². The molecule has 3 aromatic rings. The van der Waals surface area contributed by atoms with Gasteiger partial charge in [0.15, 0.2) is 0 Å². The minimum absolute atomic E-state index is 0.647. The lowest BCUT2D eigenvalue weighted by Crippen LogP contribution is -2.13. The van der Waals surface area contributed by atoms with E-state index in [4.69, 9.17) is 4.74 Å². The number of pyridine rings is 1. The van der Waals surface area contributed by atoms with Crippen LogP contribution in [0.25, 0.3) is 0 Å². The van der Waals surface area contributed by atoms with Gasteiger partial charge in [-0.05, 0) is 47.5 Å². The Morgan fingerprint density at radius 1 is 1.04 bits per heavy atom. The molecule has 3 rings (SSSR count). The average Bonchev–Trinajstić information content (AvgIpc) is 2.65. The molecule has 1 aromatic heterocycles. The summed E-state index contributed by atoms with van der Waals surface area (Å²) in [7, 11) is 0. The summed E-state index contributed by atoms with van der Waals surface area (Å²) < 4.78 is 5.81. The van der Waals surface area contributed by atoms with Crippen LogP contribution in [-0.2, 0) is 13.1 Å². The maximum absolute atomic E-state index is 10.8. The Kier molecular flexibility index (Phi) is 5.82. The van der Waals surface area contributed by atoms with Crippen molar-refractivity contribution in [2.75, 3.05) is 0 Å². The van der Waals surface area contributed by atoms with Crippen LogP contribution in [0.15, 0.2) is 71.9 Å². The first kappa shape index (κ1) is 17.2. The van der Waals surface area contributed by atoms with Crippen LogP contribution in [0.3, 0.4) is 0 Å². The molecule has 4 nitrogen and oxygen atoms in total. The number of thiol groups is 1. The van der Waals surface area contributed by atoms with E-state index in [1.807, 2.05) is 48.5 Å². The van der Waals surface area contributed by atoms with Crippen molar-refractivity contribution < 1.29 is 9.53 Å². The van der Waals surface area contributed by atoms with Crippen LogP contribution in [-0.4, -0.2) is 11.3 Å². The van der Waals surface area contributed by atoms with Gasteiger partial charge in [0.1, 0.15) is 17.8 Å². The van der Waals surface area contributed by atoms with Crippen molar-refractivity contribution in [2.24, 2.45) is 0 Å². The number of carbonyl (C=O) groups is 1. The first-order valence-corrected chi connectivity index (χ1v) is 8.34. The van der Waals surface area contributed by atoms with E-state index in [9.17, 15) is 4.79 Å². The van der Waals surface area contributed by atoms with Crippen LogP contribution in [0.4, 0.5) is 0 Å². The Hall–Kier alpha value is -2.63. The van der Waals surface area contributed by atoms with Gasteiger partial charge in [-0.3, -0.25) is 9.78 Å². The third kappa shape index (κ3) is 4.92. The zero-order valence-electron chi connectivity index (χ0n) is 13.6. The molecule has 0 aliphatic rings. The molecule has 0 fully saturated rings. The second-order valence-electron chi connectivity index (χ2n) is 5.55. The summed E-state index contributed by atoms with van der Waals surface area (Å²) in [4.78, 5) is 15.8. The number of aldehydes is 1. The summed E-state index contributed by atoms with van der Waals surface area (Å²) in [5.74, 6) is 1.43. The molecular formula is C20H18N2O2S. The predicted molar refractivity (Wildman–Crippen MR) is 100 cm³/mol. The van der Waals surface area contributed by atoms with Gasteiger partial charge in [0.25, 0.3) is 0 Å². The number of nitrogens with one attached hydrogen (secondary N) is 1. The van der Waals surface area contributed by atoms with Gasteiger partial charge in [-0.15, -0.1) is 12.6 Å². The quantitative estimate of drug-likeness (QED) is 0.494. The Morgan fingerprint density at radius 2 is 1.96 bits per heavy atom. The molecule has 126 valence electrons. The number of rotatable bonds is 7. The van der Waals surface area contributed by atoms with Crippen LogP contribution in [0.2, 0.25) is 0 Å². The molecule has 0 unspecified atom stereocenters. The largest absolute Gasteiger partial charge is 0.456 e. The minimum Gasteiger partial charge on any atom is -0.456 e. The van der Waals surface area contributed by atoms with Crippen LogP contribution in [0.5, 0.6) is 11.5 Å². The summed E-state index contributed by atoms with van der Waals surface area (Å²) >= 11 is 4.51. The van der Waals surface area contributed by atoms with Crippen molar-refractivity contribution in [2.45, 2.75) is 18.0 Å². The van der Waals surface area contributed by atoms with Gasteiger partial charge < -0.3 is 10.1 Å². The van der Waals surface area contributed by atoms with E-state index in [-0.39, 0.29) is 0 Å². The molecule has 0 saturated carbocycles. The normalized spacial score (nSPS) is 10.4. The van der Waals surface area contributed by atoms with Crippen LogP contribution >= 0.6 is 12.6 Å². The van der Waals surface area contributed by atoms with Gasteiger partial charge in [-0.25, -0.2) is 0 Å². The first-order valence-electron chi connectivity index (χ1n) is 7.89. The van der Waals surface area contributed by atoms with Gasteiger partial charge in [-0.1, -0.05) is 18.2 Å². The molecular weight excluding hydrogens is 332 g/mol. The molecule has 0 aliphatic heterocycles. The highest BCUT2D eigenvalue weighted by atomic mass is 32.1. The Morgan fingerprint density at radius 3 is 2.76 bits per heavy atom. The van der Waals surface area contributed by atoms with E-state index < -0.39 is 0 Å². The number of ether oxygens (including phenoxy) is 1. The third-order valence-electron chi connectivity index (χ3n) is 3.65. The number of carbonyl (C=O) groups excluding carboxylic acids is 1. The van der Waals surface area contributed by atoms with Crippen LogP contribution in [0, 0.1) is 0 Å². The second-order valence-corrected chi connectivity index (χ2v) is 6.03. The van der Waals surface area contributed by atoms with Gasteiger partial charge in [0.05, 0.1) is 6.20 Å². The summed E-state index contributed by atoms with van der Waals surface area (Å²) in [6.07, 6.45) is 4.24. The molecule has 5 heteroatoms. The lowest BCUT2D eigenvalue weighted by Gasteiger charge is -2.11. The first-order chi connectivity index (χ1) is 12.2. The molecule has 1 N–H and O–H groups in total.